The van der Waals surface area contributed by atoms with Crippen LogP contribution in [-0.2, 0) is 0 Å². The second-order valence-corrected chi connectivity index (χ2v) is 6.85. The Bertz CT molecular complexity index is 662. The molecule has 1 atom stereocenters. The summed E-state index contributed by atoms with van der Waals surface area (Å²) >= 11 is 19.5. The summed E-state index contributed by atoms with van der Waals surface area (Å²) in [5.74, 6) is 1.23. The Labute approximate surface area is 150 Å². The van der Waals surface area contributed by atoms with E-state index < -0.39 is 0 Å². The second-order valence-electron chi connectivity index (χ2n) is 4.26. The van der Waals surface area contributed by atoms with E-state index >= 15 is 0 Å². The zero-order chi connectivity index (χ0) is 15.6. The van der Waals surface area contributed by atoms with Crippen LogP contribution in [0.4, 0.5) is 0 Å². The van der Waals surface area contributed by atoms with Gasteiger partial charge in [0.05, 0.1) is 24.1 Å². The van der Waals surface area contributed by atoms with Gasteiger partial charge in [0.15, 0.2) is 11.5 Å². The molecule has 0 heterocycles. The Hall–Kier alpha value is -0.420. The maximum absolute atomic E-state index is 6.35. The standard InChI is InChI=1S/C15H12Br2Cl2O2/c1-20-13-6-9(11(18)7-14(13)21-2)15(17)8-3-4-10(16)12(19)5-8/h3-7,15H,1-2H3. The maximum atomic E-state index is 6.35. The maximum Gasteiger partial charge on any atom is 0.162 e. The highest BCUT2D eigenvalue weighted by molar-refractivity contribution is 9.10. The number of benzene rings is 2. The summed E-state index contributed by atoms with van der Waals surface area (Å²) in [6.07, 6.45) is 0. The smallest absolute Gasteiger partial charge is 0.162 e. The second kappa shape index (κ2) is 7.23. The first-order valence-electron chi connectivity index (χ1n) is 5.98. The summed E-state index contributed by atoms with van der Waals surface area (Å²) in [5.41, 5.74) is 1.88. The quantitative estimate of drug-likeness (QED) is 0.508. The third-order valence-electron chi connectivity index (χ3n) is 3.01. The summed E-state index contributed by atoms with van der Waals surface area (Å²) in [6, 6.07) is 9.36. The fourth-order valence-electron chi connectivity index (χ4n) is 1.91. The predicted octanol–water partition coefficient (Wildman–Crippen LogP) is 6.26. The van der Waals surface area contributed by atoms with Crippen molar-refractivity contribution in [1.82, 2.24) is 0 Å². The molecule has 0 N–H and O–H groups in total. The molecule has 6 heteroatoms. The van der Waals surface area contributed by atoms with Gasteiger partial charge in [0.25, 0.3) is 0 Å². The third-order valence-corrected chi connectivity index (χ3v) is 5.59. The Kier molecular flexibility index (Phi) is 5.83. The Balaban J connectivity index is 2.47. The molecule has 0 saturated heterocycles. The molecule has 2 rings (SSSR count). The molecule has 112 valence electrons. The van der Waals surface area contributed by atoms with Crippen molar-refractivity contribution in [3.05, 3.63) is 56.0 Å². The van der Waals surface area contributed by atoms with E-state index in [1.54, 1.807) is 20.3 Å². The number of halogens is 4. The zero-order valence-corrected chi connectivity index (χ0v) is 16.0. The van der Waals surface area contributed by atoms with Crippen LogP contribution in [0.5, 0.6) is 11.5 Å². The fraction of sp³-hybridized carbons (Fsp3) is 0.200. The molecule has 2 aromatic rings. The summed E-state index contributed by atoms with van der Waals surface area (Å²) in [4.78, 5) is -0.101. The van der Waals surface area contributed by atoms with E-state index in [1.807, 2.05) is 24.3 Å². The molecule has 2 nitrogen and oxygen atoms in total. The van der Waals surface area contributed by atoms with Crippen molar-refractivity contribution >= 4 is 55.1 Å². The molecular formula is C15H12Br2Cl2O2. The van der Waals surface area contributed by atoms with Gasteiger partial charge in [-0.2, -0.15) is 0 Å². The first-order valence-corrected chi connectivity index (χ1v) is 8.44. The van der Waals surface area contributed by atoms with Gasteiger partial charge in [-0.3, -0.25) is 0 Å². The lowest BCUT2D eigenvalue weighted by Crippen LogP contribution is -1.98. The first kappa shape index (κ1) is 16.9. The van der Waals surface area contributed by atoms with Crippen LogP contribution in [0.15, 0.2) is 34.8 Å². The molecule has 1 unspecified atom stereocenters. The molecular weight excluding hydrogens is 443 g/mol. The van der Waals surface area contributed by atoms with Gasteiger partial charge in [-0.1, -0.05) is 45.2 Å². The third kappa shape index (κ3) is 3.67. The van der Waals surface area contributed by atoms with Gasteiger partial charge in [0.1, 0.15) is 0 Å². The van der Waals surface area contributed by atoms with Gasteiger partial charge in [-0.25, -0.2) is 0 Å². The van der Waals surface area contributed by atoms with Crippen LogP contribution in [0.25, 0.3) is 0 Å². The van der Waals surface area contributed by atoms with Crippen LogP contribution in [0.2, 0.25) is 10.0 Å². The Morgan fingerprint density at radius 2 is 1.57 bits per heavy atom. The van der Waals surface area contributed by atoms with Crippen LogP contribution in [0.3, 0.4) is 0 Å². The fourth-order valence-corrected chi connectivity index (χ4v) is 3.41. The van der Waals surface area contributed by atoms with Crippen molar-refractivity contribution in [2.75, 3.05) is 14.2 Å². The minimum Gasteiger partial charge on any atom is -0.493 e. The van der Waals surface area contributed by atoms with E-state index in [9.17, 15) is 0 Å². The summed E-state index contributed by atoms with van der Waals surface area (Å²) in [6.45, 7) is 0. The van der Waals surface area contributed by atoms with Crippen molar-refractivity contribution in [1.29, 1.82) is 0 Å². The van der Waals surface area contributed by atoms with Gasteiger partial charge in [0.2, 0.25) is 0 Å². The number of rotatable bonds is 4. The SMILES string of the molecule is COc1cc(Cl)c(C(Br)c2ccc(Br)c(Cl)c2)cc1OC. The van der Waals surface area contributed by atoms with Gasteiger partial charge >= 0.3 is 0 Å². The lowest BCUT2D eigenvalue weighted by molar-refractivity contribution is 0.354. The number of ether oxygens (including phenoxy) is 2. The predicted molar refractivity (Wildman–Crippen MR) is 94.5 cm³/mol. The van der Waals surface area contributed by atoms with Crippen LogP contribution >= 0.6 is 55.1 Å². The molecule has 0 aliphatic heterocycles. The van der Waals surface area contributed by atoms with Gasteiger partial charge in [-0.15, -0.1) is 0 Å². The lowest BCUT2D eigenvalue weighted by atomic mass is 10.0. The summed E-state index contributed by atoms with van der Waals surface area (Å²) < 4.78 is 11.4. The van der Waals surface area contributed by atoms with Crippen molar-refractivity contribution in [2.45, 2.75) is 4.83 Å². The molecule has 0 aromatic heterocycles. The van der Waals surface area contributed by atoms with Crippen molar-refractivity contribution in [3.8, 4) is 11.5 Å². The van der Waals surface area contributed by atoms with E-state index in [4.69, 9.17) is 32.7 Å². The molecule has 0 spiro atoms. The molecule has 0 amide bonds. The zero-order valence-electron chi connectivity index (χ0n) is 11.3. The van der Waals surface area contributed by atoms with Crippen LogP contribution in [-0.4, -0.2) is 14.2 Å². The molecule has 0 radical (unpaired) electrons. The monoisotopic (exact) mass is 452 g/mol. The minimum absolute atomic E-state index is 0.101. The number of hydrogen-bond donors (Lipinski definition) is 0. The number of hydrogen-bond acceptors (Lipinski definition) is 2. The molecule has 0 aliphatic carbocycles. The van der Waals surface area contributed by atoms with Crippen LogP contribution in [0.1, 0.15) is 16.0 Å². The molecule has 0 fully saturated rings. The van der Waals surface area contributed by atoms with Crippen LogP contribution in [0, 0.1) is 0 Å². The van der Waals surface area contributed by atoms with E-state index in [0.717, 1.165) is 15.6 Å². The number of methoxy groups -OCH3 is 2. The normalized spacial score (nSPS) is 12.1. The summed E-state index contributed by atoms with van der Waals surface area (Å²) in [5, 5.41) is 1.24. The molecule has 2 aromatic carbocycles. The first-order chi connectivity index (χ1) is 9.97. The minimum atomic E-state index is -0.101. The van der Waals surface area contributed by atoms with Crippen molar-refractivity contribution in [3.63, 3.8) is 0 Å². The van der Waals surface area contributed by atoms with E-state index in [2.05, 4.69) is 31.9 Å². The highest BCUT2D eigenvalue weighted by Crippen LogP contribution is 2.42. The van der Waals surface area contributed by atoms with Crippen molar-refractivity contribution in [2.24, 2.45) is 0 Å². The Morgan fingerprint density at radius 3 is 2.14 bits per heavy atom. The van der Waals surface area contributed by atoms with Crippen molar-refractivity contribution < 1.29 is 9.47 Å². The average molecular weight is 455 g/mol. The molecule has 0 aliphatic rings. The highest BCUT2D eigenvalue weighted by atomic mass is 79.9. The Morgan fingerprint density at radius 1 is 0.952 bits per heavy atom. The topological polar surface area (TPSA) is 18.5 Å². The number of alkyl halides is 1. The average Bonchev–Trinajstić information content (AvgIpc) is 2.49. The largest absolute Gasteiger partial charge is 0.493 e. The lowest BCUT2D eigenvalue weighted by Gasteiger charge is -2.16. The molecule has 0 bridgehead atoms. The van der Waals surface area contributed by atoms with Gasteiger partial charge in [0, 0.05) is 15.6 Å². The molecule has 21 heavy (non-hydrogen) atoms. The van der Waals surface area contributed by atoms with E-state index in [0.29, 0.717) is 21.5 Å². The molecule has 0 saturated carbocycles. The highest BCUT2D eigenvalue weighted by Gasteiger charge is 2.18. The van der Waals surface area contributed by atoms with Gasteiger partial charge < -0.3 is 9.47 Å². The van der Waals surface area contributed by atoms with E-state index in [-0.39, 0.29) is 4.83 Å². The van der Waals surface area contributed by atoms with Crippen LogP contribution < -0.4 is 9.47 Å². The van der Waals surface area contributed by atoms with Gasteiger partial charge in [-0.05, 0) is 45.3 Å². The van der Waals surface area contributed by atoms with E-state index in [1.165, 1.54) is 0 Å². The summed E-state index contributed by atoms with van der Waals surface area (Å²) in [7, 11) is 3.17.